The highest BCUT2D eigenvalue weighted by Gasteiger charge is 2.27. The van der Waals surface area contributed by atoms with E-state index in [0.717, 1.165) is 0 Å². The number of dihydropyridines is 1. The van der Waals surface area contributed by atoms with Gasteiger partial charge in [-0.3, -0.25) is 4.79 Å². The minimum absolute atomic E-state index is 0.250. The second-order valence-corrected chi connectivity index (χ2v) is 3.50. The lowest BCUT2D eigenvalue weighted by Crippen LogP contribution is -2.39. The zero-order valence-corrected chi connectivity index (χ0v) is 7.54. The Kier molecular flexibility index (Phi) is 2.47. The Labute approximate surface area is 78.8 Å². The lowest BCUT2D eigenvalue weighted by atomic mass is 10.2. The Balaban J connectivity index is 2.95. The molecule has 2 nitrogen and oxygen atoms in total. The van der Waals surface area contributed by atoms with Gasteiger partial charge in [0.05, 0.1) is 0 Å². The molecule has 0 aromatic rings. The maximum absolute atomic E-state index is 10.4. The summed E-state index contributed by atoms with van der Waals surface area (Å²) in [6.07, 6.45) is 3.36. The molecule has 0 aromatic carbocycles. The van der Waals surface area contributed by atoms with Crippen LogP contribution in [0.3, 0.4) is 0 Å². The second-order valence-electron chi connectivity index (χ2n) is 2.03. The molecular formula is C6H4Cl3NO. The van der Waals surface area contributed by atoms with Crippen LogP contribution in [-0.2, 0) is 4.79 Å². The SMILES string of the molecule is O=CC1(Cl)C=C(Cl)C=C(Cl)N1. The monoisotopic (exact) mass is 211 g/mol. The van der Waals surface area contributed by atoms with E-state index in [1.54, 1.807) is 0 Å². The van der Waals surface area contributed by atoms with Gasteiger partial charge in [-0.25, -0.2) is 0 Å². The number of allylic oxidation sites excluding steroid dienone is 2. The fraction of sp³-hybridized carbons (Fsp3) is 0.167. The molecule has 1 atom stereocenters. The molecule has 5 heteroatoms. The van der Waals surface area contributed by atoms with Gasteiger partial charge in [-0.1, -0.05) is 34.8 Å². The van der Waals surface area contributed by atoms with E-state index in [9.17, 15) is 4.79 Å². The van der Waals surface area contributed by atoms with Crippen LogP contribution in [0.4, 0.5) is 0 Å². The summed E-state index contributed by atoms with van der Waals surface area (Å²) in [5.41, 5.74) is 0. The van der Waals surface area contributed by atoms with Crippen LogP contribution in [0.1, 0.15) is 0 Å². The lowest BCUT2D eigenvalue weighted by Gasteiger charge is -2.22. The first-order chi connectivity index (χ1) is 5.06. The molecule has 0 saturated carbocycles. The first kappa shape index (κ1) is 8.91. The molecule has 1 aliphatic rings. The van der Waals surface area contributed by atoms with Gasteiger partial charge in [0.2, 0.25) is 0 Å². The molecule has 0 bridgehead atoms. The number of nitrogens with one attached hydrogen (secondary N) is 1. The summed E-state index contributed by atoms with van der Waals surface area (Å²) in [6.45, 7) is 0. The van der Waals surface area contributed by atoms with Crippen LogP contribution >= 0.6 is 34.8 Å². The van der Waals surface area contributed by atoms with E-state index < -0.39 is 5.00 Å². The molecule has 1 heterocycles. The number of rotatable bonds is 1. The van der Waals surface area contributed by atoms with Gasteiger partial charge in [-0.2, -0.15) is 0 Å². The van der Waals surface area contributed by atoms with E-state index in [4.69, 9.17) is 34.8 Å². The third-order valence-corrected chi connectivity index (χ3v) is 1.81. The van der Waals surface area contributed by atoms with Crippen molar-refractivity contribution in [3.63, 3.8) is 0 Å². The number of hydrogen-bond donors (Lipinski definition) is 1. The van der Waals surface area contributed by atoms with Crippen LogP contribution in [0.2, 0.25) is 0 Å². The molecule has 0 radical (unpaired) electrons. The molecule has 0 aromatic heterocycles. The predicted molar refractivity (Wildman–Crippen MR) is 45.7 cm³/mol. The van der Waals surface area contributed by atoms with Crippen LogP contribution in [0.5, 0.6) is 0 Å². The summed E-state index contributed by atoms with van der Waals surface area (Å²) in [5.74, 6) is 0. The molecule has 0 amide bonds. The highest BCUT2D eigenvalue weighted by atomic mass is 35.5. The van der Waals surface area contributed by atoms with Gasteiger partial charge in [0.1, 0.15) is 5.16 Å². The predicted octanol–water partition coefficient (Wildman–Crippen LogP) is 1.93. The normalized spacial score (nSPS) is 30.1. The zero-order chi connectivity index (χ0) is 8.48. The van der Waals surface area contributed by atoms with Crippen LogP contribution in [0.25, 0.3) is 0 Å². The lowest BCUT2D eigenvalue weighted by molar-refractivity contribution is -0.109. The average molecular weight is 212 g/mol. The third-order valence-electron chi connectivity index (χ3n) is 1.10. The molecule has 1 rings (SSSR count). The molecule has 1 aliphatic heterocycles. The summed E-state index contributed by atoms with van der Waals surface area (Å²) in [4.78, 5) is 9.10. The van der Waals surface area contributed by atoms with Crippen molar-refractivity contribution < 1.29 is 4.79 Å². The molecule has 1 N–H and O–H groups in total. The van der Waals surface area contributed by atoms with E-state index in [2.05, 4.69) is 5.32 Å². The van der Waals surface area contributed by atoms with E-state index in [0.29, 0.717) is 11.3 Å². The summed E-state index contributed by atoms with van der Waals surface area (Å²) in [7, 11) is 0. The molecule has 60 valence electrons. The number of carbonyl (C=O) groups excluding carboxylic acids is 1. The van der Waals surface area contributed by atoms with E-state index in [-0.39, 0.29) is 5.16 Å². The van der Waals surface area contributed by atoms with Gasteiger partial charge >= 0.3 is 0 Å². The van der Waals surface area contributed by atoms with Crippen molar-refractivity contribution in [3.8, 4) is 0 Å². The third kappa shape index (κ3) is 2.12. The Morgan fingerprint density at radius 2 is 2.18 bits per heavy atom. The first-order valence-corrected chi connectivity index (χ1v) is 3.88. The summed E-state index contributed by atoms with van der Waals surface area (Å²) in [5, 5.41) is 3.13. The maximum Gasteiger partial charge on any atom is 0.189 e. The van der Waals surface area contributed by atoms with E-state index in [1.165, 1.54) is 12.2 Å². The van der Waals surface area contributed by atoms with Gasteiger partial charge in [0.25, 0.3) is 0 Å². The minimum atomic E-state index is -1.29. The number of hydrogen-bond acceptors (Lipinski definition) is 2. The quantitative estimate of drug-likeness (QED) is 0.409. The Hall–Kier alpha value is -0.180. The van der Waals surface area contributed by atoms with Crippen molar-refractivity contribution in [1.82, 2.24) is 5.32 Å². The number of halogens is 3. The molecule has 11 heavy (non-hydrogen) atoms. The zero-order valence-electron chi connectivity index (χ0n) is 5.27. The van der Waals surface area contributed by atoms with E-state index in [1.807, 2.05) is 0 Å². The van der Waals surface area contributed by atoms with Crippen molar-refractivity contribution >= 4 is 41.1 Å². The van der Waals surface area contributed by atoms with Crippen molar-refractivity contribution in [1.29, 1.82) is 0 Å². The Bertz CT molecular complexity index is 248. The fourth-order valence-electron chi connectivity index (χ4n) is 0.682. The van der Waals surface area contributed by atoms with Crippen molar-refractivity contribution in [2.45, 2.75) is 5.00 Å². The van der Waals surface area contributed by atoms with Crippen LogP contribution in [-0.4, -0.2) is 11.3 Å². The van der Waals surface area contributed by atoms with E-state index >= 15 is 0 Å². The highest BCUT2D eigenvalue weighted by Crippen LogP contribution is 2.24. The van der Waals surface area contributed by atoms with Gasteiger partial charge in [-0.05, 0) is 12.2 Å². The maximum atomic E-state index is 10.4. The first-order valence-electron chi connectivity index (χ1n) is 2.75. The molecule has 0 saturated heterocycles. The highest BCUT2D eigenvalue weighted by molar-refractivity contribution is 6.39. The van der Waals surface area contributed by atoms with Crippen molar-refractivity contribution in [3.05, 3.63) is 22.3 Å². The van der Waals surface area contributed by atoms with Gasteiger partial charge in [0.15, 0.2) is 11.3 Å². The standard InChI is InChI=1S/C6H4Cl3NO/c7-4-1-5(8)10-6(9,2-4)3-11/h1-3,10H. The Morgan fingerprint density at radius 1 is 1.55 bits per heavy atom. The summed E-state index contributed by atoms with van der Waals surface area (Å²) >= 11 is 16.8. The number of carbonyl (C=O) groups is 1. The number of alkyl halides is 1. The minimum Gasteiger partial charge on any atom is -0.348 e. The summed E-state index contributed by atoms with van der Waals surface area (Å²) in [6, 6.07) is 0. The van der Waals surface area contributed by atoms with Crippen molar-refractivity contribution in [2.75, 3.05) is 0 Å². The van der Waals surface area contributed by atoms with Crippen LogP contribution in [0, 0.1) is 0 Å². The van der Waals surface area contributed by atoms with Gasteiger partial charge in [-0.15, -0.1) is 0 Å². The van der Waals surface area contributed by atoms with Crippen LogP contribution < -0.4 is 5.32 Å². The number of aldehydes is 1. The largest absolute Gasteiger partial charge is 0.348 e. The van der Waals surface area contributed by atoms with Gasteiger partial charge in [0, 0.05) is 5.03 Å². The molecule has 0 aliphatic carbocycles. The van der Waals surface area contributed by atoms with Crippen molar-refractivity contribution in [2.24, 2.45) is 0 Å². The molecule has 0 fully saturated rings. The molecule has 1 unspecified atom stereocenters. The molecular weight excluding hydrogens is 208 g/mol. The molecule has 0 spiro atoms. The smallest absolute Gasteiger partial charge is 0.189 e. The average Bonchev–Trinajstić information content (AvgIpc) is 1.84. The Morgan fingerprint density at radius 3 is 2.64 bits per heavy atom. The summed E-state index contributed by atoms with van der Waals surface area (Å²) < 4.78 is 0. The second kappa shape index (κ2) is 3.05. The van der Waals surface area contributed by atoms with Crippen LogP contribution in [0.15, 0.2) is 22.3 Å². The van der Waals surface area contributed by atoms with Gasteiger partial charge < -0.3 is 5.32 Å². The topological polar surface area (TPSA) is 29.1 Å². The fourth-order valence-corrected chi connectivity index (χ4v) is 1.62.